The molecule has 10 heteroatoms. The Morgan fingerprint density at radius 2 is 1.81 bits per heavy atom. The monoisotopic (exact) mass is 536 g/mol. The molecule has 0 unspecified atom stereocenters. The molecule has 182 valence electrons. The van der Waals surface area contributed by atoms with Gasteiger partial charge in [0.15, 0.2) is 5.16 Å². The van der Waals surface area contributed by atoms with E-state index in [1.807, 2.05) is 55.5 Å². The van der Waals surface area contributed by atoms with E-state index < -0.39 is 10.0 Å². The second-order valence-electron chi connectivity index (χ2n) is 8.18. The first kappa shape index (κ1) is 24.3. The molecule has 4 aromatic rings. The molecule has 1 aromatic heterocycles. The normalized spacial score (nSPS) is 13.6. The average Bonchev–Trinajstić information content (AvgIpc) is 2.88. The third kappa shape index (κ3) is 4.82. The van der Waals surface area contributed by atoms with Crippen molar-refractivity contribution < 1.29 is 13.2 Å². The van der Waals surface area contributed by atoms with Crippen LogP contribution in [0.25, 0.3) is 11.3 Å². The van der Waals surface area contributed by atoms with E-state index in [-0.39, 0.29) is 23.1 Å². The molecule has 1 aliphatic heterocycles. The van der Waals surface area contributed by atoms with Crippen molar-refractivity contribution in [2.45, 2.75) is 23.5 Å². The fourth-order valence-electron chi connectivity index (χ4n) is 3.86. The van der Waals surface area contributed by atoms with Gasteiger partial charge in [0, 0.05) is 16.3 Å². The quantitative estimate of drug-likeness (QED) is 0.257. The van der Waals surface area contributed by atoms with Crippen LogP contribution in [0.3, 0.4) is 0 Å². The number of sulfonamides is 1. The van der Waals surface area contributed by atoms with Gasteiger partial charge in [-0.15, -0.1) is 0 Å². The van der Waals surface area contributed by atoms with Gasteiger partial charge in [0.1, 0.15) is 4.90 Å². The smallest absolute Gasteiger partial charge is 0.268 e. The number of halogens is 1. The van der Waals surface area contributed by atoms with Crippen molar-refractivity contribution in [1.29, 1.82) is 0 Å². The third-order valence-electron chi connectivity index (χ3n) is 5.69. The fourth-order valence-corrected chi connectivity index (χ4v) is 6.22. The number of carbonyl (C=O) groups excluding carboxylic acids is 1. The zero-order valence-corrected chi connectivity index (χ0v) is 21.6. The van der Waals surface area contributed by atoms with E-state index in [9.17, 15) is 13.2 Å². The van der Waals surface area contributed by atoms with Crippen LogP contribution < -0.4 is 9.62 Å². The summed E-state index contributed by atoms with van der Waals surface area (Å²) in [6, 6.07) is 22.0. The summed E-state index contributed by atoms with van der Waals surface area (Å²) in [5.74, 6) is -0.193. The number of aromatic nitrogens is 2. The molecule has 2 heterocycles. The summed E-state index contributed by atoms with van der Waals surface area (Å²) in [7, 11) is -3.88. The Morgan fingerprint density at radius 1 is 1.06 bits per heavy atom. The van der Waals surface area contributed by atoms with Gasteiger partial charge in [-0.25, -0.2) is 18.4 Å². The molecule has 0 spiro atoms. The lowest BCUT2D eigenvalue weighted by molar-refractivity contribution is -0.113. The Labute approximate surface area is 218 Å². The molecular weight excluding hydrogens is 516 g/mol. The fraction of sp³-hybridized carbons (Fsp3) is 0.115. The zero-order valence-electron chi connectivity index (χ0n) is 19.2. The maximum Gasteiger partial charge on any atom is 0.268 e. The summed E-state index contributed by atoms with van der Waals surface area (Å²) in [4.78, 5) is 21.3. The van der Waals surface area contributed by atoms with Gasteiger partial charge in [-0.05, 0) is 36.2 Å². The molecule has 7 nitrogen and oxygen atoms in total. The van der Waals surface area contributed by atoms with Crippen LogP contribution in [0.15, 0.2) is 89.0 Å². The number of carbonyl (C=O) groups is 1. The number of rotatable bonds is 6. The summed E-state index contributed by atoms with van der Waals surface area (Å²) >= 11 is 7.26. The Kier molecular flexibility index (Phi) is 6.70. The number of fused-ring (bicyclic) bond motifs is 3. The van der Waals surface area contributed by atoms with Crippen LogP contribution in [0, 0.1) is 6.92 Å². The van der Waals surface area contributed by atoms with Crippen LogP contribution in [0.4, 0.5) is 11.4 Å². The number of aryl methyl sites for hydroxylation is 1. The van der Waals surface area contributed by atoms with Gasteiger partial charge < -0.3 is 5.32 Å². The van der Waals surface area contributed by atoms with Crippen molar-refractivity contribution in [2.75, 3.05) is 15.4 Å². The highest BCUT2D eigenvalue weighted by Crippen LogP contribution is 2.42. The Balaban J connectivity index is 1.39. The number of hydrogen-bond donors (Lipinski definition) is 1. The first-order chi connectivity index (χ1) is 17.3. The Bertz CT molecular complexity index is 1560. The number of thioether (sulfide) groups is 1. The largest absolute Gasteiger partial charge is 0.325 e. The highest BCUT2D eigenvalue weighted by Gasteiger charge is 2.36. The highest BCUT2D eigenvalue weighted by atomic mass is 35.5. The zero-order chi connectivity index (χ0) is 25.3. The van der Waals surface area contributed by atoms with Crippen molar-refractivity contribution >= 4 is 50.7 Å². The number of nitrogens with one attached hydrogen (secondary N) is 1. The number of hydrogen-bond acceptors (Lipinski definition) is 6. The first-order valence-corrected chi connectivity index (χ1v) is 13.9. The number of nitrogens with zero attached hydrogens (tertiary/aromatic N) is 3. The molecule has 3 aromatic carbocycles. The van der Waals surface area contributed by atoms with Crippen molar-refractivity contribution in [2.24, 2.45) is 0 Å². The summed E-state index contributed by atoms with van der Waals surface area (Å²) in [6.07, 6.45) is 1.32. The molecule has 0 radical (unpaired) electrons. The van der Waals surface area contributed by atoms with Crippen LogP contribution in [-0.2, 0) is 21.4 Å². The molecule has 0 saturated heterocycles. The van der Waals surface area contributed by atoms with E-state index in [1.165, 1.54) is 10.5 Å². The molecule has 5 rings (SSSR count). The second kappa shape index (κ2) is 9.93. The molecule has 0 fully saturated rings. The molecule has 1 aliphatic rings. The minimum atomic E-state index is -3.88. The molecule has 0 saturated carbocycles. The highest BCUT2D eigenvalue weighted by molar-refractivity contribution is 7.99. The minimum Gasteiger partial charge on any atom is -0.325 e. The minimum absolute atomic E-state index is 0.0419. The van der Waals surface area contributed by atoms with E-state index in [2.05, 4.69) is 15.3 Å². The van der Waals surface area contributed by atoms with Crippen molar-refractivity contribution in [3.05, 3.63) is 95.1 Å². The van der Waals surface area contributed by atoms with Crippen molar-refractivity contribution in [3.63, 3.8) is 0 Å². The SMILES string of the molecule is Cc1ccc(NC(=O)CSc2ncc3c(n2)-c2ccccc2N(Cc2ccccc2)S3(=O)=O)cc1Cl. The number of anilines is 2. The number of para-hydroxylation sites is 1. The molecule has 0 atom stereocenters. The van der Waals surface area contributed by atoms with Gasteiger partial charge in [-0.3, -0.25) is 9.10 Å². The maximum atomic E-state index is 13.6. The molecule has 1 amide bonds. The van der Waals surface area contributed by atoms with Gasteiger partial charge in [0.25, 0.3) is 10.0 Å². The van der Waals surface area contributed by atoms with Crippen LogP contribution in [0.5, 0.6) is 0 Å². The van der Waals surface area contributed by atoms with Crippen LogP contribution in [0.1, 0.15) is 11.1 Å². The standard InChI is InChI=1S/C26H21ClN4O3S2/c1-17-11-12-19(13-21(17)27)29-24(32)16-35-26-28-14-23-25(30-26)20-9-5-6-10-22(20)31(36(23,33)34)15-18-7-3-2-4-8-18/h2-14H,15-16H2,1H3,(H,29,32). The van der Waals surface area contributed by atoms with Gasteiger partial charge in [-0.1, -0.05) is 78.0 Å². The summed E-state index contributed by atoms with van der Waals surface area (Å²) in [5.41, 5.74) is 3.97. The lowest BCUT2D eigenvalue weighted by Gasteiger charge is -2.31. The van der Waals surface area contributed by atoms with E-state index in [1.54, 1.807) is 24.3 Å². The summed E-state index contributed by atoms with van der Waals surface area (Å²) < 4.78 is 28.5. The first-order valence-electron chi connectivity index (χ1n) is 11.0. The third-order valence-corrected chi connectivity index (χ3v) is 8.72. The topological polar surface area (TPSA) is 92.3 Å². The lowest BCUT2D eigenvalue weighted by atomic mass is 10.1. The van der Waals surface area contributed by atoms with Crippen molar-refractivity contribution in [1.82, 2.24) is 9.97 Å². The van der Waals surface area contributed by atoms with E-state index in [0.29, 0.717) is 32.8 Å². The lowest BCUT2D eigenvalue weighted by Crippen LogP contribution is -2.34. The van der Waals surface area contributed by atoms with E-state index >= 15 is 0 Å². The molecule has 0 aliphatic carbocycles. The summed E-state index contributed by atoms with van der Waals surface area (Å²) in [6.45, 7) is 2.08. The average molecular weight is 537 g/mol. The maximum absolute atomic E-state index is 13.6. The second-order valence-corrected chi connectivity index (χ2v) is 11.4. The Morgan fingerprint density at radius 3 is 2.58 bits per heavy atom. The van der Waals surface area contributed by atoms with Crippen LogP contribution >= 0.6 is 23.4 Å². The molecular formula is C26H21ClN4O3S2. The molecule has 1 N–H and O–H groups in total. The van der Waals surface area contributed by atoms with Gasteiger partial charge in [-0.2, -0.15) is 0 Å². The van der Waals surface area contributed by atoms with Gasteiger partial charge in [0.2, 0.25) is 5.91 Å². The van der Waals surface area contributed by atoms with Crippen LogP contribution in [-0.4, -0.2) is 30.0 Å². The van der Waals surface area contributed by atoms with E-state index in [0.717, 1.165) is 22.9 Å². The van der Waals surface area contributed by atoms with Gasteiger partial charge >= 0.3 is 0 Å². The molecule has 0 bridgehead atoms. The summed E-state index contributed by atoms with van der Waals surface area (Å²) in [5, 5.41) is 3.68. The molecule has 36 heavy (non-hydrogen) atoms. The number of benzene rings is 3. The van der Waals surface area contributed by atoms with Gasteiger partial charge in [0.05, 0.1) is 29.9 Å². The van der Waals surface area contributed by atoms with Crippen molar-refractivity contribution in [3.8, 4) is 11.3 Å². The Hall–Kier alpha value is -3.40. The predicted octanol–water partition coefficient (Wildman–Crippen LogP) is 5.55. The van der Waals surface area contributed by atoms with E-state index in [4.69, 9.17) is 11.6 Å². The number of amides is 1. The van der Waals surface area contributed by atoms with Crippen LogP contribution in [0.2, 0.25) is 5.02 Å². The predicted molar refractivity (Wildman–Crippen MR) is 143 cm³/mol.